The van der Waals surface area contributed by atoms with Crippen molar-refractivity contribution >= 4 is 39.2 Å². The van der Waals surface area contributed by atoms with Gasteiger partial charge in [0, 0.05) is 24.0 Å². The molecule has 2 aromatic heterocycles. The summed E-state index contributed by atoms with van der Waals surface area (Å²) in [6.45, 7) is 3.96. The molecule has 1 aromatic carbocycles. The predicted molar refractivity (Wildman–Crippen MR) is 109 cm³/mol. The van der Waals surface area contributed by atoms with Gasteiger partial charge in [-0.2, -0.15) is 0 Å². The lowest BCUT2D eigenvalue weighted by Crippen LogP contribution is -2.33. The number of nitrogens with zero attached hydrogens (tertiary/aromatic N) is 2. The van der Waals surface area contributed by atoms with Gasteiger partial charge in [0.25, 0.3) is 5.56 Å². The number of benzene rings is 1. The Balaban J connectivity index is 1.90. The first-order valence-corrected chi connectivity index (χ1v) is 10.4. The zero-order chi connectivity index (χ0) is 19.6. The zero-order valence-electron chi connectivity index (χ0n) is 15.3. The molecule has 0 saturated heterocycles. The highest BCUT2D eigenvalue weighted by Crippen LogP contribution is 2.32. The summed E-state index contributed by atoms with van der Waals surface area (Å²) in [7, 11) is 1.65. The fraction of sp³-hybridized carbons (Fsp3) is 0.316. The van der Waals surface area contributed by atoms with Gasteiger partial charge < -0.3 is 5.32 Å². The van der Waals surface area contributed by atoms with E-state index in [4.69, 9.17) is 0 Å². The molecule has 0 radical (unpaired) electrons. The molecular weight excluding hydrogens is 385 g/mol. The smallest absolute Gasteiger partial charge is 0.263 e. The lowest BCUT2D eigenvalue weighted by atomic mass is 10.1. The van der Waals surface area contributed by atoms with Crippen LogP contribution < -0.4 is 10.9 Å². The van der Waals surface area contributed by atoms with Gasteiger partial charge in [0.1, 0.15) is 10.6 Å². The first-order valence-electron chi connectivity index (χ1n) is 8.57. The molecule has 8 heteroatoms. The Kier molecular flexibility index (Phi) is 5.96. The van der Waals surface area contributed by atoms with Crippen LogP contribution in [0.3, 0.4) is 0 Å². The van der Waals surface area contributed by atoms with Crippen LogP contribution in [0.25, 0.3) is 21.3 Å². The van der Waals surface area contributed by atoms with Crippen LogP contribution in [0.4, 0.5) is 4.39 Å². The average molecular weight is 406 g/mol. The van der Waals surface area contributed by atoms with Gasteiger partial charge in [0.2, 0.25) is 5.91 Å². The van der Waals surface area contributed by atoms with Gasteiger partial charge in [0.05, 0.1) is 11.1 Å². The molecule has 3 rings (SSSR count). The van der Waals surface area contributed by atoms with Gasteiger partial charge in [-0.3, -0.25) is 14.2 Å². The molecule has 1 N–H and O–H groups in total. The molecule has 27 heavy (non-hydrogen) atoms. The van der Waals surface area contributed by atoms with Gasteiger partial charge in [-0.1, -0.05) is 30.8 Å². The number of thiophene rings is 1. The monoisotopic (exact) mass is 405 g/mol. The summed E-state index contributed by atoms with van der Waals surface area (Å²) in [4.78, 5) is 30.0. The van der Waals surface area contributed by atoms with E-state index < -0.39 is 0 Å². The quantitative estimate of drug-likeness (QED) is 0.500. The number of aromatic nitrogens is 2. The molecule has 0 fully saturated rings. The second-order valence-corrected chi connectivity index (χ2v) is 8.06. The molecule has 0 unspecified atom stereocenters. The summed E-state index contributed by atoms with van der Waals surface area (Å²) in [6.07, 6.45) is 0.862. The number of carbonyl (C=O) groups is 1. The zero-order valence-corrected chi connectivity index (χ0v) is 16.9. The molecule has 2 heterocycles. The van der Waals surface area contributed by atoms with E-state index >= 15 is 0 Å². The van der Waals surface area contributed by atoms with E-state index in [1.807, 2.05) is 19.2 Å². The van der Waals surface area contributed by atoms with Crippen molar-refractivity contribution in [3.05, 3.63) is 45.8 Å². The van der Waals surface area contributed by atoms with Crippen molar-refractivity contribution < 1.29 is 9.18 Å². The van der Waals surface area contributed by atoms with Crippen LogP contribution in [0.5, 0.6) is 0 Å². The van der Waals surface area contributed by atoms with Crippen LogP contribution in [-0.4, -0.2) is 27.3 Å². The second kappa shape index (κ2) is 8.22. The minimum Gasteiger partial charge on any atom is -0.353 e. The van der Waals surface area contributed by atoms with Crippen molar-refractivity contribution in [2.75, 3.05) is 5.75 Å². The standard InChI is InChI=1S/C19H20FN3O2S2/c1-4-11(2)21-15(24)10-27-19-22-17-16(18(25)23(19)3)14(9-26-17)12-5-7-13(20)8-6-12/h5-9,11H,4,10H2,1-3H3,(H,21,24)/t11-/m1/s1. The minimum atomic E-state index is -0.321. The summed E-state index contributed by atoms with van der Waals surface area (Å²) in [5.74, 6) is -0.202. The van der Waals surface area contributed by atoms with E-state index in [0.29, 0.717) is 15.4 Å². The number of amides is 1. The Labute approximate surface area is 164 Å². The maximum absolute atomic E-state index is 13.2. The van der Waals surface area contributed by atoms with Crippen LogP contribution in [0.2, 0.25) is 0 Å². The third-order valence-corrected chi connectivity index (χ3v) is 6.18. The summed E-state index contributed by atoms with van der Waals surface area (Å²) in [6, 6.07) is 6.16. The van der Waals surface area contributed by atoms with E-state index in [2.05, 4.69) is 10.3 Å². The summed E-state index contributed by atoms with van der Waals surface area (Å²) < 4.78 is 14.6. The van der Waals surface area contributed by atoms with Crippen LogP contribution >= 0.6 is 23.1 Å². The SMILES string of the molecule is CC[C@@H](C)NC(=O)CSc1nc2scc(-c3ccc(F)cc3)c2c(=O)n1C. The summed E-state index contributed by atoms with van der Waals surface area (Å²) in [5.41, 5.74) is 1.34. The third-order valence-electron chi connectivity index (χ3n) is 4.28. The van der Waals surface area contributed by atoms with Crippen LogP contribution in [0, 0.1) is 5.82 Å². The predicted octanol–water partition coefficient (Wildman–Crippen LogP) is 3.81. The molecule has 0 bridgehead atoms. The van der Waals surface area contributed by atoms with E-state index in [0.717, 1.165) is 17.5 Å². The Bertz CT molecular complexity index is 1030. The molecule has 0 aliphatic heterocycles. The highest BCUT2D eigenvalue weighted by Gasteiger charge is 2.17. The van der Waals surface area contributed by atoms with Crippen molar-refractivity contribution in [2.24, 2.45) is 7.05 Å². The largest absolute Gasteiger partial charge is 0.353 e. The Hall–Kier alpha value is -2.19. The fourth-order valence-corrected chi connectivity index (χ4v) is 4.34. The van der Waals surface area contributed by atoms with Crippen molar-refractivity contribution in [3.8, 4) is 11.1 Å². The Morgan fingerprint density at radius 3 is 2.74 bits per heavy atom. The van der Waals surface area contributed by atoms with Crippen molar-refractivity contribution in [3.63, 3.8) is 0 Å². The lowest BCUT2D eigenvalue weighted by Gasteiger charge is -2.11. The number of nitrogens with one attached hydrogen (secondary N) is 1. The molecule has 0 spiro atoms. The number of hydrogen-bond acceptors (Lipinski definition) is 5. The van der Waals surface area contributed by atoms with Crippen LogP contribution in [-0.2, 0) is 11.8 Å². The van der Waals surface area contributed by atoms with E-state index in [-0.39, 0.29) is 29.1 Å². The van der Waals surface area contributed by atoms with Gasteiger partial charge in [-0.15, -0.1) is 11.3 Å². The maximum Gasteiger partial charge on any atom is 0.263 e. The Morgan fingerprint density at radius 2 is 2.07 bits per heavy atom. The molecule has 0 saturated carbocycles. The highest BCUT2D eigenvalue weighted by atomic mass is 32.2. The topological polar surface area (TPSA) is 64.0 Å². The fourth-order valence-electron chi connectivity index (χ4n) is 2.57. The number of hydrogen-bond donors (Lipinski definition) is 1. The summed E-state index contributed by atoms with van der Waals surface area (Å²) in [5, 5.41) is 5.77. The van der Waals surface area contributed by atoms with Gasteiger partial charge in [-0.25, -0.2) is 9.37 Å². The van der Waals surface area contributed by atoms with E-state index in [1.165, 1.54) is 39.8 Å². The number of carbonyl (C=O) groups excluding carboxylic acids is 1. The Morgan fingerprint density at radius 1 is 1.37 bits per heavy atom. The maximum atomic E-state index is 13.2. The molecule has 3 aromatic rings. The molecular formula is C19H20FN3O2S2. The third kappa shape index (κ3) is 4.22. The number of rotatable bonds is 6. The second-order valence-electron chi connectivity index (χ2n) is 6.26. The average Bonchev–Trinajstić information content (AvgIpc) is 3.08. The molecule has 1 amide bonds. The molecule has 1 atom stereocenters. The summed E-state index contributed by atoms with van der Waals surface area (Å²) >= 11 is 2.61. The normalized spacial score (nSPS) is 12.3. The lowest BCUT2D eigenvalue weighted by molar-refractivity contribution is -0.119. The van der Waals surface area contributed by atoms with Gasteiger partial charge in [0.15, 0.2) is 5.16 Å². The van der Waals surface area contributed by atoms with Gasteiger partial charge in [-0.05, 0) is 31.0 Å². The number of thioether (sulfide) groups is 1. The molecule has 0 aliphatic rings. The van der Waals surface area contributed by atoms with E-state index in [1.54, 1.807) is 19.2 Å². The number of fused-ring (bicyclic) bond motifs is 1. The first kappa shape index (κ1) is 19.6. The van der Waals surface area contributed by atoms with Crippen molar-refractivity contribution in [1.29, 1.82) is 0 Å². The van der Waals surface area contributed by atoms with E-state index in [9.17, 15) is 14.0 Å². The van der Waals surface area contributed by atoms with Crippen LogP contribution in [0.15, 0.2) is 39.6 Å². The van der Waals surface area contributed by atoms with Crippen molar-refractivity contribution in [2.45, 2.75) is 31.5 Å². The molecule has 0 aliphatic carbocycles. The minimum absolute atomic E-state index is 0.0816. The molecule has 5 nitrogen and oxygen atoms in total. The number of halogens is 1. The van der Waals surface area contributed by atoms with Crippen molar-refractivity contribution in [1.82, 2.24) is 14.9 Å². The first-order chi connectivity index (χ1) is 12.9. The van der Waals surface area contributed by atoms with Gasteiger partial charge >= 0.3 is 0 Å². The molecule has 142 valence electrons. The highest BCUT2D eigenvalue weighted by molar-refractivity contribution is 7.99. The van der Waals surface area contributed by atoms with Crippen LogP contribution in [0.1, 0.15) is 20.3 Å².